The van der Waals surface area contributed by atoms with Gasteiger partial charge in [0.15, 0.2) is 11.0 Å². The summed E-state index contributed by atoms with van der Waals surface area (Å²) in [5.74, 6) is 0.906. The lowest BCUT2D eigenvalue weighted by Gasteiger charge is -2.28. The lowest BCUT2D eigenvalue weighted by Crippen LogP contribution is -2.48. The maximum absolute atomic E-state index is 5.74. The van der Waals surface area contributed by atoms with E-state index in [1.165, 1.54) is 0 Å². The zero-order valence-corrected chi connectivity index (χ0v) is 11.3. The molecule has 1 aromatic heterocycles. The first kappa shape index (κ1) is 12.6. The highest BCUT2D eigenvalue weighted by atomic mass is 35.5. The molecule has 1 aliphatic rings. The number of aromatic nitrogens is 2. The van der Waals surface area contributed by atoms with Gasteiger partial charge >= 0.3 is 0 Å². The second-order valence-corrected chi connectivity index (χ2v) is 5.63. The molecule has 0 aromatic carbocycles. The quantitative estimate of drug-likeness (QED) is 0.897. The van der Waals surface area contributed by atoms with Crippen LogP contribution in [0.15, 0.2) is 12.1 Å². The van der Waals surface area contributed by atoms with Gasteiger partial charge in [-0.3, -0.25) is 0 Å². The van der Waals surface area contributed by atoms with Crippen LogP contribution in [0, 0.1) is 0 Å². The van der Waals surface area contributed by atoms with Crippen molar-refractivity contribution in [3.63, 3.8) is 0 Å². The van der Waals surface area contributed by atoms with Crippen LogP contribution in [0.4, 0.5) is 5.82 Å². The SMILES string of the molecule is CC(C)NC1(C)CCN(c2ccc(Cl)nn2)C1. The molecule has 5 heteroatoms. The zero-order chi connectivity index (χ0) is 12.5. The Hall–Kier alpha value is -0.870. The van der Waals surface area contributed by atoms with Crippen molar-refractivity contribution in [3.05, 3.63) is 17.3 Å². The van der Waals surface area contributed by atoms with Gasteiger partial charge in [-0.1, -0.05) is 25.4 Å². The van der Waals surface area contributed by atoms with Crippen LogP contribution in [-0.2, 0) is 0 Å². The minimum absolute atomic E-state index is 0.162. The summed E-state index contributed by atoms with van der Waals surface area (Å²) in [5.41, 5.74) is 0.162. The Morgan fingerprint density at radius 1 is 1.41 bits per heavy atom. The predicted octanol–water partition coefficient (Wildman–Crippen LogP) is 2.10. The van der Waals surface area contributed by atoms with Gasteiger partial charge in [-0.05, 0) is 25.5 Å². The van der Waals surface area contributed by atoms with Crippen molar-refractivity contribution in [1.29, 1.82) is 0 Å². The minimum Gasteiger partial charge on any atom is -0.353 e. The number of halogens is 1. The Bertz CT molecular complexity index is 379. The Morgan fingerprint density at radius 3 is 2.76 bits per heavy atom. The topological polar surface area (TPSA) is 41.0 Å². The summed E-state index contributed by atoms with van der Waals surface area (Å²) in [6.45, 7) is 8.58. The molecule has 1 saturated heterocycles. The summed E-state index contributed by atoms with van der Waals surface area (Å²) in [6.07, 6.45) is 1.12. The van der Waals surface area contributed by atoms with Crippen LogP contribution in [0.2, 0.25) is 5.15 Å². The molecule has 0 bridgehead atoms. The van der Waals surface area contributed by atoms with E-state index >= 15 is 0 Å². The van der Waals surface area contributed by atoms with E-state index in [2.05, 4.69) is 41.2 Å². The normalized spacial score (nSPS) is 24.6. The highest BCUT2D eigenvalue weighted by molar-refractivity contribution is 6.29. The van der Waals surface area contributed by atoms with Crippen LogP contribution >= 0.6 is 11.6 Å². The fourth-order valence-corrected chi connectivity index (χ4v) is 2.55. The molecule has 1 N–H and O–H groups in total. The van der Waals surface area contributed by atoms with Crippen LogP contribution in [-0.4, -0.2) is 34.9 Å². The number of nitrogens with one attached hydrogen (secondary N) is 1. The van der Waals surface area contributed by atoms with Gasteiger partial charge in [0.25, 0.3) is 0 Å². The Balaban J connectivity index is 2.04. The molecule has 1 fully saturated rings. The van der Waals surface area contributed by atoms with Gasteiger partial charge in [0.2, 0.25) is 0 Å². The van der Waals surface area contributed by atoms with Gasteiger partial charge in [0, 0.05) is 24.7 Å². The maximum atomic E-state index is 5.74. The van der Waals surface area contributed by atoms with E-state index in [9.17, 15) is 0 Å². The summed E-state index contributed by atoms with van der Waals surface area (Å²) in [4.78, 5) is 2.25. The van der Waals surface area contributed by atoms with Crippen molar-refractivity contribution in [2.75, 3.05) is 18.0 Å². The summed E-state index contributed by atoms with van der Waals surface area (Å²) >= 11 is 5.74. The molecular formula is C12H19ClN4. The van der Waals surface area contributed by atoms with Gasteiger partial charge in [-0.2, -0.15) is 0 Å². The second-order valence-electron chi connectivity index (χ2n) is 5.25. The van der Waals surface area contributed by atoms with Crippen molar-refractivity contribution in [1.82, 2.24) is 15.5 Å². The Kier molecular flexibility index (Phi) is 3.54. The molecule has 1 unspecified atom stereocenters. The number of anilines is 1. The molecule has 0 saturated carbocycles. The van der Waals surface area contributed by atoms with Crippen LogP contribution in [0.1, 0.15) is 27.2 Å². The largest absolute Gasteiger partial charge is 0.353 e. The number of nitrogens with zero attached hydrogens (tertiary/aromatic N) is 3. The summed E-state index contributed by atoms with van der Waals surface area (Å²) < 4.78 is 0. The van der Waals surface area contributed by atoms with Crippen molar-refractivity contribution in [2.24, 2.45) is 0 Å². The van der Waals surface area contributed by atoms with Gasteiger partial charge in [0.05, 0.1) is 0 Å². The zero-order valence-electron chi connectivity index (χ0n) is 10.6. The molecule has 1 aromatic rings. The van der Waals surface area contributed by atoms with E-state index in [4.69, 9.17) is 11.6 Å². The molecule has 2 rings (SSSR count). The average molecular weight is 255 g/mol. The summed E-state index contributed by atoms with van der Waals surface area (Å²) in [5, 5.41) is 12.1. The minimum atomic E-state index is 0.162. The first-order valence-corrected chi connectivity index (χ1v) is 6.38. The molecule has 94 valence electrons. The van der Waals surface area contributed by atoms with Crippen molar-refractivity contribution < 1.29 is 0 Å². The van der Waals surface area contributed by atoms with Gasteiger partial charge in [-0.15, -0.1) is 10.2 Å². The molecule has 0 radical (unpaired) electrons. The third-order valence-corrected chi connectivity index (χ3v) is 3.25. The van der Waals surface area contributed by atoms with Crippen LogP contribution < -0.4 is 10.2 Å². The van der Waals surface area contributed by atoms with E-state index in [0.29, 0.717) is 11.2 Å². The summed E-state index contributed by atoms with van der Waals surface area (Å²) in [6, 6.07) is 4.21. The van der Waals surface area contributed by atoms with Gasteiger partial charge < -0.3 is 10.2 Å². The van der Waals surface area contributed by atoms with Crippen LogP contribution in [0.3, 0.4) is 0 Å². The molecular weight excluding hydrogens is 236 g/mol. The number of hydrogen-bond acceptors (Lipinski definition) is 4. The number of hydrogen-bond donors (Lipinski definition) is 1. The third-order valence-electron chi connectivity index (χ3n) is 3.05. The van der Waals surface area contributed by atoms with E-state index in [1.807, 2.05) is 6.07 Å². The molecule has 17 heavy (non-hydrogen) atoms. The van der Waals surface area contributed by atoms with Crippen molar-refractivity contribution in [2.45, 2.75) is 38.8 Å². The fourth-order valence-electron chi connectivity index (χ4n) is 2.45. The lowest BCUT2D eigenvalue weighted by atomic mass is 10.0. The molecule has 0 amide bonds. The van der Waals surface area contributed by atoms with Crippen molar-refractivity contribution in [3.8, 4) is 0 Å². The first-order valence-electron chi connectivity index (χ1n) is 6.00. The highest BCUT2D eigenvalue weighted by Crippen LogP contribution is 2.25. The maximum Gasteiger partial charge on any atom is 0.151 e. The van der Waals surface area contributed by atoms with Crippen LogP contribution in [0.25, 0.3) is 0 Å². The van der Waals surface area contributed by atoms with Crippen LogP contribution in [0.5, 0.6) is 0 Å². The first-order chi connectivity index (χ1) is 7.98. The van der Waals surface area contributed by atoms with Gasteiger partial charge in [0.1, 0.15) is 0 Å². The number of rotatable bonds is 3. The monoisotopic (exact) mass is 254 g/mol. The van der Waals surface area contributed by atoms with E-state index in [0.717, 1.165) is 25.3 Å². The Labute approximate surface area is 107 Å². The third kappa shape index (κ3) is 3.07. The molecule has 4 nitrogen and oxygen atoms in total. The van der Waals surface area contributed by atoms with E-state index in [1.54, 1.807) is 6.07 Å². The standard InChI is InChI=1S/C12H19ClN4/c1-9(2)14-12(3)6-7-17(8-12)11-5-4-10(13)15-16-11/h4-5,9,14H,6-8H2,1-3H3. The predicted molar refractivity (Wildman–Crippen MR) is 70.5 cm³/mol. The lowest BCUT2D eigenvalue weighted by molar-refractivity contribution is 0.357. The van der Waals surface area contributed by atoms with E-state index < -0.39 is 0 Å². The highest BCUT2D eigenvalue weighted by Gasteiger charge is 2.34. The average Bonchev–Trinajstić information content (AvgIpc) is 2.60. The Morgan fingerprint density at radius 2 is 2.18 bits per heavy atom. The molecule has 1 atom stereocenters. The molecule has 0 aliphatic carbocycles. The van der Waals surface area contributed by atoms with Gasteiger partial charge in [-0.25, -0.2) is 0 Å². The fraction of sp³-hybridized carbons (Fsp3) is 0.667. The van der Waals surface area contributed by atoms with Crippen molar-refractivity contribution >= 4 is 17.4 Å². The summed E-state index contributed by atoms with van der Waals surface area (Å²) in [7, 11) is 0. The second kappa shape index (κ2) is 4.78. The molecule has 0 spiro atoms. The van der Waals surface area contributed by atoms with E-state index in [-0.39, 0.29) is 5.54 Å². The molecule has 1 aliphatic heterocycles. The smallest absolute Gasteiger partial charge is 0.151 e. The molecule has 2 heterocycles.